The monoisotopic (exact) mass is 448 g/mol. The topological polar surface area (TPSA) is 149 Å². The number of anilines is 1. The van der Waals surface area contributed by atoms with Gasteiger partial charge in [-0.1, -0.05) is 0 Å². The summed E-state index contributed by atoms with van der Waals surface area (Å²) in [5, 5.41) is 19.1. The molecular weight excluding hydrogens is 416 g/mol. The Bertz CT molecular complexity index is 954. The molecule has 1 aliphatic carbocycles. The van der Waals surface area contributed by atoms with Gasteiger partial charge in [0.2, 0.25) is 0 Å². The molecule has 4 rings (SSSR count). The van der Waals surface area contributed by atoms with Crippen molar-refractivity contribution in [1.82, 2.24) is 24.4 Å². The molecule has 3 atom stereocenters. The number of nitrogens with zero attached hydrogens (tertiary/aromatic N) is 5. The van der Waals surface area contributed by atoms with Crippen molar-refractivity contribution >= 4 is 23.0 Å². The van der Waals surface area contributed by atoms with Crippen LogP contribution in [0.4, 0.5) is 5.82 Å². The molecule has 11 nitrogen and oxygen atoms in total. The fourth-order valence-corrected chi connectivity index (χ4v) is 4.67. The molecule has 3 heterocycles. The second-order valence-electron chi connectivity index (χ2n) is 9.41. The van der Waals surface area contributed by atoms with E-state index in [0.29, 0.717) is 41.9 Å². The summed E-state index contributed by atoms with van der Waals surface area (Å²) in [4.78, 5) is 25.7. The van der Waals surface area contributed by atoms with Crippen molar-refractivity contribution in [1.29, 1.82) is 0 Å². The molecule has 2 aromatic rings. The minimum Gasteiger partial charge on any atom is -0.481 e. The molecule has 176 valence electrons. The van der Waals surface area contributed by atoms with Crippen LogP contribution in [0.25, 0.3) is 11.2 Å². The van der Waals surface area contributed by atoms with E-state index in [1.165, 1.54) is 6.33 Å². The second-order valence-corrected chi connectivity index (χ2v) is 9.41. The summed E-state index contributed by atoms with van der Waals surface area (Å²) in [5.41, 5.74) is 7.03. The summed E-state index contributed by atoms with van der Waals surface area (Å²) in [7, 11) is 2.05. The number of hydrogen-bond donors (Lipinski definition) is 3. The zero-order valence-electron chi connectivity index (χ0n) is 18.7. The van der Waals surface area contributed by atoms with Crippen LogP contribution in [0.3, 0.4) is 0 Å². The number of aliphatic hydroxyl groups is 1. The Morgan fingerprint density at radius 2 is 2.09 bits per heavy atom. The molecule has 32 heavy (non-hydrogen) atoms. The van der Waals surface area contributed by atoms with Crippen LogP contribution >= 0.6 is 0 Å². The third kappa shape index (κ3) is 5.01. The van der Waals surface area contributed by atoms with E-state index < -0.39 is 11.8 Å². The van der Waals surface area contributed by atoms with Crippen LogP contribution in [0, 0.1) is 5.92 Å². The second kappa shape index (κ2) is 8.89. The fourth-order valence-electron chi connectivity index (χ4n) is 4.67. The van der Waals surface area contributed by atoms with E-state index in [4.69, 9.17) is 20.3 Å². The lowest BCUT2D eigenvalue weighted by Gasteiger charge is -2.42. The van der Waals surface area contributed by atoms with Crippen LogP contribution in [-0.2, 0) is 14.3 Å². The first-order valence-corrected chi connectivity index (χ1v) is 11.0. The quantitative estimate of drug-likeness (QED) is 0.480. The number of rotatable bonds is 9. The van der Waals surface area contributed by atoms with Gasteiger partial charge in [0.1, 0.15) is 18.1 Å². The van der Waals surface area contributed by atoms with Gasteiger partial charge < -0.3 is 30.3 Å². The zero-order valence-corrected chi connectivity index (χ0v) is 18.7. The average Bonchev–Trinajstić information content (AvgIpc) is 3.24. The number of carboxylic acids is 1. The maximum Gasteiger partial charge on any atom is 0.303 e. The largest absolute Gasteiger partial charge is 0.481 e. The van der Waals surface area contributed by atoms with Gasteiger partial charge in [0.05, 0.1) is 18.5 Å². The molecule has 1 aliphatic heterocycles. The summed E-state index contributed by atoms with van der Waals surface area (Å²) in [6.07, 6.45) is 5.57. The molecule has 0 radical (unpaired) electrons. The summed E-state index contributed by atoms with van der Waals surface area (Å²) in [6, 6.07) is 0.390. The van der Waals surface area contributed by atoms with E-state index in [0.717, 1.165) is 19.3 Å². The lowest BCUT2D eigenvalue weighted by Crippen LogP contribution is -2.48. The minimum absolute atomic E-state index is 0.225. The van der Waals surface area contributed by atoms with Crippen molar-refractivity contribution in [2.24, 2.45) is 5.92 Å². The maximum absolute atomic E-state index is 10.8. The Balaban J connectivity index is 1.43. The smallest absolute Gasteiger partial charge is 0.303 e. The van der Waals surface area contributed by atoms with Crippen molar-refractivity contribution in [3.05, 3.63) is 12.7 Å². The summed E-state index contributed by atoms with van der Waals surface area (Å²) in [5.74, 6) is -1.25. The zero-order chi connectivity index (χ0) is 23.0. The number of carboxylic acid groups (broad SMARTS) is 1. The van der Waals surface area contributed by atoms with Crippen molar-refractivity contribution < 1.29 is 24.5 Å². The van der Waals surface area contributed by atoms with Crippen LogP contribution in [-0.4, -0.2) is 78.2 Å². The molecule has 0 spiro atoms. The van der Waals surface area contributed by atoms with Crippen LogP contribution in [0.15, 0.2) is 12.7 Å². The van der Waals surface area contributed by atoms with Gasteiger partial charge in [-0.3, -0.25) is 9.36 Å². The lowest BCUT2D eigenvalue weighted by molar-refractivity contribution is -0.216. The van der Waals surface area contributed by atoms with Crippen molar-refractivity contribution in [3.63, 3.8) is 0 Å². The number of likely N-dealkylation sites (N-methyl/N-ethyl adjacent to an activating group) is 1. The molecule has 0 aromatic carbocycles. The lowest BCUT2D eigenvalue weighted by atomic mass is 9.76. The number of imidazole rings is 1. The van der Waals surface area contributed by atoms with Crippen LogP contribution in [0.1, 0.15) is 52.2 Å². The maximum atomic E-state index is 10.8. The van der Waals surface area contributed by atoms with Gasteiger partial charge in [-0.25, -0.2) is 15.0 Å². The van der Waals surface area contributed by atoms with Gasteiger partial charge in [0.15, 0.2) is 17.3 Å². The Morgan fingerprint density at radius 1 is 1.34 bits per heavy atom. The number of hydrogen-bond acceptors (Lipinski definition) is 9. The van der Waals surface area contributed by atoms with E-state index >= 15 is 0 Å². The van der Waals surface area contributed by atoms with Gasteiger partial charge >= 0.3 is 5.97 Å². The third-order valence-electron chi connectivity index (χ3n) is 6.39. The molecule has 1 saturated carbocycles. The van der Waals surface area contributed by atoms with Gasteiger partial charge in [-0.2, -0.15) is 0 Å². The van der Waals surface area contributed by atoms with Crippen LogP contribution in [0.2, 0.25) is 0 Å². The highest BCUT2D eigenvalue weighted by molar-refractivity contribution is 5.81. The van der Waals surface area contributed by atoms with Gasteiger partial charge in [0.25, 0.3) is 0 Å². The molecule has 2 aliphatic rings. The van der Waals surface area contributed by atoms with Crippen molar-refractivity contribution in [2.45, 2.75) is 76.2 Å². The number of nitrogen functional groups attached to an aromatic ring is 1. The Labute approximate surface area is 186 Å². The SMILES string of the molecule is CN(C[C@H]1O[C@@H](n2cnc3c(N)ncnc32)C[C@@H]1OC(C)(C)O)C1CC(CCC(=O)O)C1. The van der Waals surface area contributed by atoms with E-state index in [2.05, 4.69) is 26.9 Å². The highest BCUT2D eigenvalue weighted by Crippen LogP contribution is 2.38. The minimum atomic E-state index is -1.29. The summed E-state index contributed by atoms with van der Waals surface area (Å²) >= 11 is 0. The van der Waals surface area contributed by atoms with E-state index in [1.54, 1.807) is 20.2 Å². The van der Waals surface area contributed by atoms with Gasteiger partial charge in [-0.05, 0) is 46.1 Å². The molecule has 1 saturated heterocycles. The first kappa shape index (κ1) is 22.8. The van der Waals surface area contributed by atoms with Gasteiger partial charge in [0, 0.05) is 25.4 Å². The number of aliphatic carboxylic acids is 1. The van der Waals surface area contributed by atoms with Crippen LogP contribution in [0.5, 0.6) is 0 Å². The highest BCUT2D eigenvalue weighted by atomic mass is 16.6. The normalized spacial score (nSPS) is 28.3. The average molecular weight is 449 g/mol. The first-order chi connectivity index (χ1) is 15.1. The Kier molecular flexibility index (Phi) is 6.35. The predicted molar refractivity (Wildman–Crippen MR) is 115 cm³/mol. The highest BCUT2D eigenvalue weighted by Gasteiger charge is 2.42. The Hall–Kier alpha value is -2.34. The molecule has 0 unspecified atom stereocenters. The molecule has 4 N–H and O–H groups in total. The van der Waals surface area contributed by atoms with Crippen LogP contribution < -0.4 is 5.73 Å². The summed E-state index contributed by atoms with van der Waals surface area (Å²) in [6.45, 7) is 3.86. The molecule has 2 fully saturated rings. The van der Waals surface area contributed by atoms with Gasteiger partial charge in [-0.15, -0.1) is 0 Å². The molecule has 0 amide bonds. The number of fused-ring (bicyclic) bond motifs is 1. The fraction of sp³-hybridized carbons (Fsp3) is 0.714. The number of ether oxygens (including phenoxy) is 2. The van der Waals surface area contributed by atoms with E-state index in [9.17, 15) is 9.90 Å². The molecular formula is C21H32N6O5. The molecule has 0 bridgehead atoms. The molecule has 11 heteroatoms. The summed E-state index contributed by atoms with van der Waals surface area (Å²) < 4.78 is 14.1. The molecule has 2 aromatic heterocycles. The van der Waals surface area contributed by atoms with Crippen molar-refractivity contribution in [2.75, 3.05) is 19.3 Å². The Morgan fingerprint density at radius 3 is 2.78 bits per heavy atom. The number of aromatic nitrogens is 4. The third-order valence-corrected chi connectivity index (χ3v) is 6.39. The van der Waals surface area contributed by atoms with E-state index in [-0.39, 0.29) is 24.9 Å². The predicted octanol–water partition coefficient (Wildman–Crippen LogP) is 1.38. The first-order valence-electron chi connectivity index (χ1n) is 11.0. The standard InChI is InChI=1S/C21H32N6O5/c1-21(2,30)32-14-8-16(27-11-25-18-19(22)23-10-24-20(18)27)31-15(14)9-26(3)13-6-12(7-13)4-5-17(28)29/h10-16,30H,4-9H2,1-3H3,(H,28,29)(H2,22,23,24)/t12?,13?,14-,15+,16+/m0/s1. The van der Waals surface area contributed by atoms with E-state index in [1.807, 2.05) is 4.57 Å². The number of carbonyl (C=O) groups is 1. The number of nitrogens with two attached hydrogens (primary N) is 1. The van der Waals surface area contributed by atoms with Crippen molar-refractivity contribution in [3.8, 4) is 0 Å².